The number of sulfonamides is 1. The van der Waals surface area contributed by atoms with Crippen LogP contribution in [0.15, 0.2) is 40.3 Å². The maximum absolute atomic E-state index is 12.6. The zero-order chi connectivity index (χ0) is 22.8. The van der Waals surface area contributed by atoms with E-state index in [0.717, 1.165) is 20.7 Å². The van der Waals surface area contributed by atoms with Crippen LogP contribution in [0.5, 0.6) is 0 Å². The number of aryl methyl sites for hydroxylation is 3. The molecule has 2 heterocycles. The van der Waals surface area contributed by atoms with Crippen LogP contribution in [0.25, 0.3) is 10.2 Å². The summed E-state index contributed by atoms with van der Waals surface area (Å²) in [6.45, 7) is 4.53. The van der Waals surface area contributed by atoms with Crippen LogP contribution in [0.1, 0.15) is 16.0 Å². The lowest BCUT2D eigenvalue weighted by molar-refractivity contribution is -0.123. The van der Waals surface area contributed by atoms with E-state index >= 15 is 0 Å². The Kier molecular flexibility index (Phi) is 6.53. The summed E-state index contributed by atoms with van der Waals surface area (Å²) in [7, 11) is -3.85. The van der Waals surface area contributed by atoms with Crippen molar-refractivity contribution in [1.29, 1.82) is 0 Å². The Bertz CT molecular complexity index is 1310. The molecule has 0 radical (unpaired) electrons. The molecule has 0 unspecified atom stereocenters. The van der Waals surface area contributed by atoms with Crippen molar-refractivity contribution in [2.75, 3.05) is 18.5 Å². The topological polar surface area (TPSA) is 139 Å². The zero-order valence-corrected chi connectivity index (χ0v) is 18.7. The Morgan fingerprint density at radius 2 is 1.74 bits per heavy atom. The van der Waals surface area contributed by atoms with Crippen molar-refractivity contribution >= 4 is 43.4 Å². The molecule has 0 aliphatic carbocycles. The lowest BCUT2D eigenvalue weighted by atomic mass is 10.2. The molecule has 0 saturated heterocycles. The van der Waals surface area contributed by atoms with E-state index in [1.165, 1.54) is 29.8 Å². The number of amides is 2. The fraction of sp³-hybridized carbons (Fsp3) is 0.263. The van der Waals surface area contributed by atoms with Gasteiger partial charge in [0.05, 0.1) is 23.4 Å². The number of nitrogens with one attached hydrogen (secondary N) is 3. The zero-order valence-electron chi connectivity index (χ0n) is 17.1. The van der Waals surface area contributed by atoms with Crippen molar-refractivity contribution in [3.05, 3.63) is 57.0 Å². The minimum Gasteiger partial charge on any atom is -0.346 e. The SMILES string of the molecule is Cc1ccc(S(=O)(=O)NCC(=O)NCC(=O)Nn2cnc3sc(C)c(C)c3c2=O)cc1. The van der Waals surface area contributed by atoms with E-state index in [9.17, 15) is 22.8 Å². The summed E-state index contributed by atoms with van der Waals surface area (Å²) in [5.41, 5.74) is 3.64. The van der Waals surface area contributed by atoms with Gasteiger partial charge in [-0.15, -0.1) is 11.3 Å². The smallest absolute Gasteiger partial charge is 0.281 e. The maximum Gasteiger partial charge on any atom is 0.281 e. The molecule has 31 heavy (non-hydrogen) atoms. The molecule has 0 spiro atoms. The Labute approximate surface area is 182 Å². The fourth-order valence-electron chi connectivity index (χ4n) is 2.69. The third kappa shape index (κ3) is 5.16. The van der Waals surface area contributed by atoms with E-state index in [0.29, 0.717) is 10.2 Å². The highest BCUT2D eigenvalue weighted by Gasteiger charge is 2.16. The molecule has 10 nitrogen and oxygen atoms in total. The van der Waals surface area contributed by atoms with E-state index in [4.69, 9.17) is 0 Å². The van der Waals surface area contributed by atoms with Gasteiger partial charge in [-0.1, -0.05) is 17.7 Å². The van der Waals surface area contributed by atoms with Crippen LogP contribution in [0, 0.1) is 20.8 Å². The number of fused-ring (bicyclic) bond motifs is 1. The quantitative estimate of drug-likeness (QED) is 0.468. The van der Waals surface area contributed by atoms with E-state index < -0.39 is 40.5 Å². The van der Waals surface area contributed by atoms with Gasteiger partial charge in [-0.3, -0.25) is 19.8 Å². The summed E-state index contributed by atoms with van der Waals surface area (Å²) >= 11 is 1.39. The molecule has 2 aromatic heterocycles. The predicted molar refractivity (Wildman–Crippen MR) is 117 cm³/mol. The normalized spacial score (nSPS) is 11.5. The fourth-order valence-corrected chi connectivity index (χ4v) is 4.66. The standard InChI is InChI=1S/C19H21N5O5S2/c1-11-4-6-14(7-5-11)31(28,29)22-9-15(25)20-8-16(26)23-24-10-21-18-17(19(24)27)12(2)13(3)30-18/h4-7,10,22H,8-9H2,1-3H3,(H,20,25)(H,23,26). The lowest BCUT2D eigenvalue weighted by Crippen LogP contribution is -2.43. The first-order valence-corrected chi connectivity index (χ1v) is 11.5. The number of rotatable bonds is 7. The molecule has 0 aliphatic heterocycles. The number of hydrogen-bond donors (Lipinski definition) is 3. The molecule has 0 fully saturated rings. The van der Waals surface area contributed by atoms with Gasteiger partial charge in [0.2, 0.25) is 15.9 Å². The molecule has 3 rings (SSSR count). The van der Waals surface area contributed by atoms with Gasteiger partial charge in [-0.25, -0.2) is 22.8 Å². The largest absolute Gasteiger partial charge is 0.346 e. The number of hydrogen-bond acceptors (Lipinski definition) is 7. The van der Waals surface area contributed by atoms with E-state index in [1.54, 1.807) is 19.1 Å². The van der Waals surface area contributed by atoms with Crippen molar-refractivity contribution in [2.24, 2.45) is 0 Å². The number of nitrogens with zero attached hydrogens (tertiary/aromatic N) is 2. The van der Waals surface area contributed by atoms with Gasteiger partial charge in [0, 0.05) is 4.88 Å². The lowest BCUT2D eigenvalue weighted by Gasteiger charge is -2.10. The maximum atomic E-state index is 12.6. The summed E-state index contributed by atoms with van der Waals surface area (Å²) in [6, 6.07) is 6.16. The molecule has 3 N–H and O–H groups in total. The van der Waals surface area contributed by atoms with Gasteiger partial charge in [0.25, 0.3) is 11.5 Å². The van der Waals surface area contributed by atoms with Gasteiger partial charge < -0.3 is 5.32 Å². The Morgan fingerprint density at radius 3 is 2.42 bits per heavy atom. The van der Waals surface area contributed by atoms with Crippen molar-refractivity contribution in [3.63, 3.8) is 0 Å². The molecule has 12 heteroatoms. The highest BCUT2D eigenvalue weighted by molar-refractivity contribution is 7.89. The highest BCUT2D eigenvalue weighted by Crippen LogP contribution is 2.25. The average molecular weight is 464 g/mol. The molecule has 0 saturated carbocycles. The van der Waals surface area contributed by atoms with E-state index in [2.05, 4.69) is 20.4 Å². The second-order valence-electron chi connectivity index (χ2n) is 6.83. The van der Waals surface area contributed by atoms with Crippen LogP contribution >= 0.6 is 11.3 Å². The first-order valence-electron chi connectivity index (χ1n) is 9.19. The third-order valence-electron chi connectivity index (χ3n) is 4.54. The van der Waals surface area contributed by atoms with Crippen molar-refractivity contribution in [2.45, 2.75) is 25.7 Å². The first-order chi connectivity index (χ1) is 14.6. The number of benzene rings is 1. The van der Waals surface area contributed by atoms with Gasteiger partial charge >= 0.3 is 0 Å². The van der Waals surface area contributed by atoms with Crippen molar-refractivity contribution < 1.29 is 18.0 Å². The highest BCUT2D eigenvalue weighted by atomic mass is 32.2. The average Bonchev–Trinajstić information content (AvgIpc) is 3.02. The molecule has 0 aliphatic rings. The van der Waals surface area contributed by atoms with Gasteiger partial charge in [0.1, 0.15) is 11.2 Å². The van der Waals surface area contributed by atoms with Crippen LogP contribution in [0.4, 0.5) is 0 Å². The van der Waals surface area contributed by atoms with Crippen molar-refractivity contribution in [1.82, 2.24) is 19.7 Å². The summed E-state index contributed by atoms with van der Waals surface area (Å²) in [6.07, 6.45) is 1.20. The van der Waals surface area contributed by atoms with Crippen LogP contribution in [0.3, 0.4) is 0 Å². The van der Waals surface area contributed by atoms with Crippen LogP contribution < -0.4 is 21.0 Å². The Morgan fingerprint density at radius 1 is 1.06 bits per heavy atom. The molecule has 0 bridgehead atoms. The Balaban J connectivity index is 1.55. The molecule has 2 amide bonds. The molecule has 1 aromatic carbocycles. The first kappa shape index (κ1) is 22.6. The minimum absolute atomic E-state index is 0.0323. The number of carbonyl (C=O) groups excluding carboxylic acids is 2. The Hall–Kier alpha value is -3.09. The molecule has 0 atom stereocenters. The summed E-state index contributed by atoms with van der Waals surface area (Å²) in [5, 5.41) is 2.73. The molecule has 164 valence electrons. The van der Waals surface area contributed by atoms with E-state index in [-0.39, 0.29) is 4.90 Å². The monoisotopic (exact) mass is 463 g/mol. The third-order valence-corrected chi connectivity index (χ3v) is 7.07. The van der Waals surface area contributed by atoms with E-state index in [1.807, 2.05) is 13.8 Å². The second kappa shape index (κ2) is 8.96. The molecular formula is C19H21N5O5S2. The number of thiophene rings is 1. The van der Waals surface area contributed by atoms with Gasteiger partial charge in [-0.2, -0.15) is 0 Å². The molecule has 3 aromatic rings. The summed E-state index contributed by atoms with van der Waals surface area (Å²) in [5.74, 6) is -1.36. The van der Waals surface area contributed by atoms with Crippen LogP contribution in [0.2, 0.25) is 0 Å². The predicted octanol–water partition coefficient (Wildman–Crippen LogP) is 0.548. The van der Waals surface area contributed by atoms with Crippen molar-refractivity contribution in [3.8, 4) is 0 Å². The minimum atomic E-state index is -3.85. The van der Waals surface area contributed by atoms with Crippen LogP contribution in [-0.4, -0.2) is 43.0 Å². The molecular weight excluding hydrogens is 442 g/mol. The summed E-state index contributed by atoms with van der Waals surface area (Å²) in [4.78, 5) is 42.3. The van der Waals surface area contributed by atoms with Gasteiger partial charge in [-0.05, 0) is 38.5 Å². The van der Waals surface area contributed by atoms with Crippen LogP contribution in [-0.2, 0) is 19.6 Å². The van der Waals surface area contributed by atoms with Gasteiger partial charge in [0.15, 0.2) is 0 Å². The second-order valence-corrected chi connectivity index (χ2v) is 9.80. The number of aromatic nitrogens is 2. The number of carbonyl (C=O) groups is 2. The summed E-state index contributed by atoms with van der Waals surface area (Å²) < 4.78 is 27.5.